The topological polar surface area (TPSA) is 69.9 Å². The Morgan fingerprint density at radius 1 is 1.27 bits per heavy atom. The predicted molar refractivity (Wildman–Crippen MR) is 40.2 cm³/mol. The van der Waals surface area contributed by atoms with E-state index in [4.69, 9.17) is 21.8 Å². The Hall–Kier alpha value is -1.29. The molecule has 5 heteroatoms. The number of nitrogens with zero attached hydrogens (tertiary/aromatic N) is 1. The van der Waals surface area contributed by atoms with Crippen LogP contribution in [0.15, 0.2) is 17.3 Å². The van der Waals surface area contributed by atoms with Crippen LogP contribution in [0.2, 0.25) is 5.02 Å². The molecule has 0 heterocycles. The third-order valence-corrected chi connectivity index (χ3v) is 1.45. The number of hydrogen-bond donors (Lipinski definition) is 2. The van der Waals surface area contributed by atoms with Crippen molar-refractivity contribution in [1.29, 1.82) is 0 Å². The van der Waals surface area contributed by atoms with Crippen LogP contribution in [0.25, 0.3) is 0 Å². The molecule has 0 amide bonds. The summed E-state index contributed by atoms with van der Waals surface area (Å²) in [5.41, 5.74) is -0.187. The van der Waals surface area contributed by atoms with Crippen LogP contribution in [-0.4, -0.2) is 10.2 Å². The number of aromatic hydroxyl groups is 2. The number of phenolic OH excluding ortho intramolecular Hbond substituents is 2. The molecule has 0 fully saturated rings. The zero-order valence-corrected chi connectivity index (χ0v) is 6.04. The number of phenols is 2. The standard InChI is InChI=1S/C6H4ClNO3/c7-3-1-4(8-11)6(10)2-5(3)9/h1-2,9-10H/i1+1,2+1,3+1,4+1,5+1,6+1. The van der Waals surface area contributed by atoms with Crippen LogP contribution >= 0.6 is 11.6 Å². The number of halogens is 1. The zero-order valence-electron chi connectivity index (χ0n) is 5.28. The van der Waals surface area contributed by atoms with Gasteiger partial charge in [-0.1, -0.05) is 11.6 Å². The predicted octanol–water partition coefficient (Wildman–Crippen LogP) is 2.15. The molecule has 0 radical (unpaired) electrons. The first-order chi connectivity index (χ1) is 5.15. The average Bonchev–Trinajstić information content (AvgIpc) is 1.97. The van der Waals surface area contributed by atoms with Gasteiger partial charge in [-0.25, -0.2) is 0 Å². The molecule has 0 aliphatic carbocycles. The third-order valence-electron chi connectivity index (χ3n) is 1.14. The first kappa shape index (κ1) is 7.81. The van der Waals surface area contributed by atoms with Gasteiger partial charge in [0.25, 0.3) is 0 Å². The van der Waals surface area contributed by atoms with Crippen molar-refractivity contribution >= 4 is 17.3 Å². The fourth-order valence-corrected chi connectivity index (χ4v) is 0.771. The average molecular weight is 180 g/mol. The second-order valence-electron chi connectivity index (χ2n) is 1.88. The Bertz CT molecular complexity index is 300. The van der Waals surface area contributed by atoms with Crippen molar-refractivity contribution < 1.29 is 10.2 Å². The van der Waals surface area contributed by atoms with Crippen LogP contribution in [0.3, 0.4) is 0 Å². The SMILES string of the molecule is O=N[13c]1[13cH][13c](Cl)[13c](O)[13cH][13c]1O. The summed E-state index contributed by atoms with van der Waals surface area (Å²) in [7, 11) is 0. The lowest BCUT2D eigenvalue weighted by Gasteiger charge is -1.98. The smallest absolute Gasteiger partial charge is 0.151 e. The molecule has 0 aliphatic rings. The summed E-state index contributed by atoms with van der Waals surface area (Å²) in [6.45, 7) is 0. The second-order valence-corrected chi connectivity index (χ2v) is 2.29. The molecule has 1 aromatic rings. The van der Waals surface area contributed by atoms with E-state index in [0.717, 1.165) is 12.1 Å². The van der Waals surface area contributed by atoms with E-state index in [9.17, 15) is 4.91 Å². The summed E-state index contributed by atoms with van der Waals surface area (Å²) in [5.74, 6) is -0.668. The van der Waals surface area contributed by atoms with Crippen molar-refractivity contribution in [3.8, 4) is 11.5 Å². The molecular weight excluding hydrogens is 175 g/mol. The minimum absolute atomic E-state index is 0.0163. The van der Waals surface area contributed by atoms with E-state index in [-0.39, 0.29) is 22.2 Å². The monoisotopic (exact) mass is 179 g/mol. The lowest BCUT2D eigenvalue weighted by atomic mass is 11.2. The van der Waals surface area contributed by atoms with Gasteiger partial charge in [0.15, 0.2) is 5.69 Å². The van der Waals surface area contributed by atoms with Gasteiger partial charge in [0.1, 0.15) is 11.5 Å². The van der Waals surface area contributed by atoms with Crippen LogP contribution in [0.5, 0.6) is 11.5 Å². The maximum Gasteiger partial charge on any atom is 0.151 e. The highest BCUT2D eigenvalue weighted by Gasteiger charge is 2.06. The number of rotatable bonds is 1. The molecule has 0 aliphatic heterocycles. The summed E-state index contributed by atoms with van der Waals surface area (Å²) in [5, 5.41) is 20.2. The van der Waals surface area contributed by atoms with Crippen LogP contribution in [0, 0.1) is 4.91 Å². The lowest BCUT2D eigenvalue weighted by molar-refractivity contribution is 0.451. The molecule has 0 saturated carbocycles. The molecule has 4 nitrogen and oxygen atoms in total. The Morgan fingerprint density at radius 3 is 2.45 bits per heavy atom. The van der Waals surface area contributed by atoms with Gasteiger partial charge in [-0.15, -0.1) is 4.91 Å². The fraction of sp³-hybridized carbons (Fsp3) is 0. The van der Waals surface area contributed by atoms with Gasteiger partial charge in [0, 0.05) is 6.07 Å². The van der Waals surface area contributed by atoms with Crippen LogP contribution in [-0.2, 0) is 0 Å². The molecular formula is C6H4ClNO3. The van der Waals surface area contributed by atoms with E-state index in [1.54, 1.807) is 0 Å². The first-order valence-corrected chi connectivity index (χ1v) is 3.08. The van der Waals surface area contributed by atoms with Crippen LogP contribution in [0.4, 0.5) is 5.69 Å². The van der Waals surface area contributed by atoms with Gasteiger partial charge in [-0.2, -0.15) is 0 Å². The molecule has 2 N–H and O–H groups in total. The molecule has 0 aromatic heterocycles. The molecule has 1 rings (SSSR count). The van der Waals surface area contributed by atoms with Gasteiger partial charge >= 0.3 is 0 Å². The second kappa shape index (κ2) is 2.75. The molecule has 0 saturated heterocycles. The third kappa shape index (κ3) is 1.40. The Morgan fingerprint density at radius 2 is 1.91 bits per heavy atom. The molecule has 0 atom stereocenters. The Balaban J connectivity index is 3.31. The van der Waals surface area contributed by atoms with Crippen molar-refractivity contribution in [2.24, 2.45) is 5.18 Å². The minimum Gasteiger partial charge on any atom is -0.506 e. The summed E-state index contributed by atoms with van der Waals surface area (Å²) >= 11 is 5.40. The van der Waals surface area contributed by atoms with Gasteiger partial charge in [0.2, 0.25) is 0 Å². The van der Waals surface area contributed by atoms with Gasteiger partial charge in [-0.05, 0) is 11.2 Å². The Labute approximate surface area is 67.0 Å². The van der Waals surface area contributed by atoms with E-state index >= 15 is 0 Å². The highest BCUT2D eigenvalue weighted by atomic mass is 35.5. The normalized spacial score (nSPS) is 9.55. The van der Waals surface area contributed by atoms with E-state index in [1.165, 1.54) is 0 Å². The van der Waals surface area contributed by atoms with Crippen molar-refractivity contribution in [1.82, 2.24) is 0 Å². The number of hydrogen-bond acceptors (Lipinski definition) is 4. The number of benzene rings is 1. The molecule has 0 unspecified atom stereocenters. The quantitative estimate of drug-likeness (QED) is 0.649. The fourth-order valence-electron chi connectivity index (χ4n) is 0.613. The van der Waals surface area contributed by atoms with E-state index in [2.05, 4.69) is 5.18 Å². The summed E-state index contributed by atoms with van der Waals surface area (Å²) < 4.78 is 0. The van der Waals surface area contributed by atoms with Gasteiger partial charge < -0.3 is 10.2 Å². The molecule has 0 bridgehead atoms. The highest BCUT2D eigenvalue weighted by molar-refractivity contribution is 6.32. The molecule has 1 aromatic carbocycles. The zero-order chi connectivity index (χ0) is 8.43. The molecule has 0 spiro atoms. The van der Waals surface area contributed by atoms with Gasteiger partial charge in [-0.3, -0.25) is 0 Å². The summed E-state index contributed by atoms with van der Waals surface area (Å²) in [6, 6.07) is 2.04. The molecule has 11 heavy (non-hydrogen) atoms. The maximum atomic E-state index is 9.94. The van der Waals surface area contributed by atoms with Crippen molar-refractivity contribution in [2.75, 3.05) is 0 Å². The Kier molecular flexibility index (Phi) is 1.96. The molecule has 58 valence electrons. The van der Waals surface area contributed by atoms with Crippen molar-refractivity contribution in [3.63, 3.8) is 0 Å². The largest absolute Gasteiger partial charge is 0.506 e. The van der Waals surface area contributed by atoms with Crippen LogP contribution in [0.1, 0.15) is 0 Å². The summed E-state index contributed by atoms with van der Waals surface area (Å²) in [6.07, 6.45) is 0. The summed E-state index contributed by atoms with van der Waals surface area (Å²) in [4.78, 5) is 9.94. The van der Waals surface area contributed by atoms with E-state index < -0.39 is 0 Å². The minimum atomic E-state index is -0.387. The van der Waals surface area contributed by atoms with Crippen molar-refractivity contribution in [2.45, 2.75) is 0 Å². The van der Waals surface area contributed by atoms with E-state index in [1.807, 2.05) is 0 Å². The van der Waals surface area contributed by atoms with Crippen LogP contribution < -0.4 is 0 Å². The number of nitroso groups, excluding NO2 is 1. The lowest BCUT2D eigenvalue weighted by Crippen LogP contribution is -1.70. The van der Waals surface area contributed by atoms with Crippen molar-refractivity contribution in [3.05, 3.63) is 22.1 Å². The first-order valence-electron chi connectivity index (χ1n) is 2.70. The van der Waals surface area contributed by atoms with Gasteiger partial charge in [0.05, 0.1) is 5.02 Å². The van der Waals surface area contributed by atoms with E-state index in [0.29, 0.717) is 0 Å². The highest BCUT2D eigenvalue weighted by Crippen LogP contribution is 2.35. The maximum absolute atomic E-state index is 9.94.